The molecule has 0 bridgehead atoms. The Kier molecular flexibility index (Phi) is 7.31. The second-order valence-corrected chi connectivity index (χ2v) is 16.9. The van der Waals surface area contributed by atoms with Gasteiger partial charge in [0.25, 0.3) is 0 Å². The van der Waals surface area contributed by atoms with Gasteiger partial charge in [-0.25, -0.2) is 0 Å². The van der Waals surface area contributed by atoms with Crippen LogP contribution in [0.15, 0.2) is 194 Å². The first-order valence-electron chi connectivity index (χ1n) is 19.3. The van der Waals surface area contributed by atoms with Gasteiger partial charge >= 0.3 is 0 Å². The molecular formula is C53H32N2S2. The maximum Gasteiger partial charge on any atom is 0.0708 e. The van der Waals surface area contributed by atoms with Crippen molar-refractivity contribution < 1.29 is 0 Å². The lowest BCUT2D eigenvalue weighted by Crippen LogP contribution is -2.10. The second-order valence-electron chi connectivity index (χ2n) is 14.8. The van der Waals surface area contributed by atoms with Crippen molar-refractivity contribution in [3.63, 3.8) is 0 Å². The van der Waals surface area contributed by atoms with E-state index in [0.717, 1.165) is 28.0 Å². The maximum absolute atomic E-state index is 4.57. The van der Waals surface area contributed by atoms with Crippen LogP contribution in [0.5, 0.6) is 0 Å². The third kappa shape index (κ3) is 5.33. The molecule has 2 nitrogen and oxygen atoms in total. The first-order chi connectivity index (χ1) is 28.2. The zero-order valence-corrected chi connectivity index (χ0v) is 32.3. The molecule has 0 amide bonds. The quantitative estimate of drug-likeness (QED) is 0.174. The van der Waals surface area contributed by atoms with Crippen LogP contribution < -0.4 is 4.90 Å². The Bertz CT molecular complexity index is 3370. The van der Waals surface area contributed by atoms with E-state index < -0.39 is 0 Å². The average Bonchev–Trinajstić information content (AvgIpc) is 3.86. The van der Waals surface area contributed by atoms with E-state index in [-0.39, 0.29) is 0 Å². The Morgan fingerprint density at radius 3 is 1.40 bits per heavy atom. The van der Waals surface area contributed by atoms with Crippen molar-refractivity contribution in [3.8, 4) is 22.3 Å². The number of thiophene rings is 2. The van der Waals surface area contributed by atoms with E-state index in [1.54, 1.807) is 0 Å². The van der Waals surface area contributed by atoms with Gasteiger partial charge in [-0.2, -0.15) is 0 Å². The number of fused-ring (bicyclic) bond motifs is 11. The van der Waals surface area contributed by atoms with E-state index in [4.69, 9.17) is 0 Å². The van der Waals surface area contributed by atoms with Gasteiger partial charge in [-0.05, 0) is 93.7 Å². The van der Waals surface area contributed by atoms with Gasteiger partial charge in [0.2, 0.25) is 0 Å². The van der Waals surface area contributed by atoms with Crippen LogP contribution in [0.25, 0.3) is 95.0 Å². The van der Waals surface area contributed by atoms with E-state index >= 15 is 0 Å². The molecule has 0 N–H and O–H groups in total. The molecule has 0 aliphatic carbocycles. The summed E-state index contributed by atoms with van der Waals surface area (Å²) < 4.78 is 5.31. The molecule has 0 aliphatic heterocycles. The molecule has 57 heavy (non-hydrogen) atoms. The summed E-state index contributed by atoms with van der Waals surface area (Å²) in [5, 5.41) is 11.5. The molecule has 0 radical (unpaired) electrons. The Morgan fingerprint density at radius 1 is 0.333 bits per heavy atom. The fourth-order valence-electron chi connectivity index (χ4n) is 8.61. The molecule has 0 saturated carbocycles. The van der Waals surface area contributed by atoms with Crippen LogP contribution in [0.4, 0.5) is 17.1 Å². The van der Waals surface area contributed by atoms with Gasteiger partial charge in [0.15, 0.2) is 0 Å². The summed E-state index contributed by atoms with van der Waals surface area (Å²) in [5.74, 6) is 0. The smallest absolute Gasteiger partial charge is 0.0708 e. The van der Waals surface area contributed by atoms with Crippen molar-refractivity contribution in [3.05, 3.63) is 194 Å². The van der Waals surface area contributed by atoms with Gasteiger partial charge in [-0.3, -0.25) is 4.98 Å². The average molecular weight is 761 g/mol. The van der Waals surface area contributed by atoms with Crippen LogP contribution in [0.3, 0.4) is 0 Å². The number of pyridine rings is 1. The number of anilines is 3. The molecule has 266 valence electrons. The molecule has 3 heterocycles. The van der Waals surface area contributed by atoms with Crippen LogP contribution in [-0.2, 0) is 0 Å². The van der Waals surface area contributed by atoms with Crippen LogP contribution >= 0.6 is 22.7 Å². The highest BCUT2D eigenvalue weighted by Crippen LogP contribution is 2.45. The van der Waals surface area contributed by atoms with Crippen molar-refractivity contribution in [1.82, 2.24) is 4.98 Å². The second kappa shape index (κ2) is 12.9. The molecule has 0 aliphatic rings. The number of hydrogen-bond donors (Lipinski definition) is 0. The number of hydrogen-bond acceptors (Lipinski definition) is 4. The molecule has 0 spiro atoms. The largest absolute Gasteiger partial charge is 0.310 e. The molecule has 12 aromatic rings. The standard InChI is InChI=1S/C53H32N2S2/c1-3-9-50-43(7-1)45-27-21-36-19-25-41(31-47(36)52(45)56-50)55(42-26-20-37-22-28-46-44-8-2-4-10-51(44)57-53(46)48(37)32-42)40-23-17-34(18-24-40)33-11-13-35(14-12-33)39-16-15-38-6-5-29-54-49(38)30-39/h1-32H. The number of benzene rings is 9. The van der Waals surface area contributed by atoms with Gasteiger partial charge in [0.1, 0.15) is 0 Å². The van der Waals surface area contributed by atoms with Crippen LogP contribution in [-0.4, -0.2) is 4.98 Å². The van der Waals surface area contributed by atoms with E-state index in [9.17, 15) is 0 Å². The van der Waals surface area contributed by atoms with E-state index in [1.807, 2.05) is 34.9 Å². The first-order valence-corrected chi connectivity index (χ1v) is 20.9. The molecule has 12 rings (SSSR count). The molecule has 0 unspecified atom stereocenters. The van der Waals surface area contributed by atoms with E-state index in [1.165, 1.54) is 84.1 Å². The summed E-state index contributed by atoms with van der Waals surface area (Å²) in [6.45, 7) is 0. The van der Waals surface area contributed by atoms with Gasteiger partial charge in [0, 0.05) is 79.8 Å². The van der Waals surface area contributed by atoms with Crippen LogP contribution in [0, 0.1) is 0 Å². The number of rotatable bonds is 5. The van der Waals surface area contributed by atoms with Gasteiger partial charge < -0.3 is 4.90 Å². The zero-order chi connectivity index (χ0) is 37.5. The summed E-state index contributed by atoms with van der Waals surface area (Å²) in [6, 6.07) is 69.1. The van der Waals surface area contributed by atoms with Gasteiger partial charge in [-0.1, -0.05) is 127 Å². The number of aromatic nitrogens is 1. The monoisotopic (exact) mass is 760 g/mol. The highest BCUT2D eigenvalue weighted by molar-refractivity contribution is 7.27. The van der Waals surface area contributed by atoms with Crippen molar-refractivity contribution >= 4 is 113 Å². The van der Waals surface area contributed by atoms with Crippen molar-refractivity contribution in [2.45, 2.75) is 0 Å². The highest BCUT2D eigenvalue weighted by Gasteiger charge is 2.18. The molecule has 0 fully saturated rings. The summed E-state index contributed by atoms with van der Waals surface area (Å²) in [6.07, 6.45) is 1.86. The highest BCUT2D eigenvalue weighted by atomic mass is 32.1. The fourth-order valence-corrected chi connectivity index (χ4v) is 11.1. The Hall–Kier alpha value is -6.85. The molecule has 4 heteroatoms. The minimum Gasteiger partial charge on any atom is -0.310 e. The zero-order valence-electron chi connectivity index (χ0n) is 30.7. The topological polar surface area (TPSA) is 16.1 Å². The summed E-state index contributed by atoms with van der Waals surface area (Å²) in [7, 11) is 0. The summed E-state index contributed by atoms with van der Waals surface area (Å²) in [5.41, 5.74) is 9.12. The Labute approximate surface area is 337 Å². The van der Waals surface area contributed by atoms with Gasteiger partial charge in [-0.15, -0.1) is 22.7 Å². The fraction of sp³-hybridized carbons (Fsp3) is 0. The lowest BCUT2D eigenvalue weighted by molar-refractivity contribution is 1.30. The van der Waals surface area contributed by atoms with E-state index in [2.05, 4.69) is 192 Å². The van der Waals surface area contributed by atoms with Gasteiger partial charge in [0.05, 0.1) is 5.52 Å². The molecule has 0 atom stereocenters. The third-order valence-corrected chi connectivity index (χ3v) is 13.9. The van der Waals surface area contributed by atoms with E-state index in [0.29, 0.717) is 0 Å². The minimum atomic E-state index is 1.01. The molecule has 9 aromatic carbocycles. The maximum atomic E-state index is 4.57. The van der Waals surface area contributed by atoms with Crippen molar-refractivity contribution in [1.29, 1.82) is 0 Å². The van der Waals surface area contributed by atoms with Crippen LogP contribution in [0.2, 0.25) is 0 Å². The third-order valence-electron chi connectivity index (χ3n) is 11.5. The normalized spacial score (nSPS) is 11.9. The minimum absolute atomic E-state index is 1.01. The lowest BCUT2D eigenvalue weighted by Gasteiger charge is -2.26. The van der Waals surface area contributed by atoms with Crippen molar-refractivity contribution in [2.24, 2.45) is 0 Å². The predicted molar refractivity (Wildman–Crippen MR) is 248 cm³/mol. The molecule has 3 aromatic heterocycles. The summed E-state index contributed by atoms with van der Waals surface area (Å²) in [4.78, 5) is 7.00. The SMILES string of the molecule is c1cnc2cc(-c3ccc(-c4ccc(N(c5ccc6ccc7c8ccccc8sc7c6c5)c5ccc6ccc7c8ccccc8sc7c6c5)cc4)cc3)ccc2c1. The molecular weight excluding hydrogens is 729 g/mol. The predicted octanol–water partition coefficient (Wildman–Crippen LogP) is 16.1. The lowest BCUT2D eigenvalue weighted by atomic mass is 9.99. The number of nitrogens with zero attached hydrogens (tertiary/aromatic N) is 2. The molecule has 0 saturated heterocycles. The Morgan fingerprint density at radius 2 is 0.807 bits per heavy atom. The van der Waals surface area contributed by atoms with Crippen molar-refractivity contribution in [2.75, 3.05) is 4.90 Å². The summed E-state index contributed by atoms with van der Waals surface area (Å²) >= 11 is 3.78. The Balaban J connectivity index is 0.990. The first kappa shape index (κ1) is 32.4. The van der Waals surface area contributed by atoms with Crippen LogP contribution in [0.1, 0.15) is 0 Å².